The summed E-state index contributed by atoms with van der Waals surface area (Å²) < 4.78 is 19.2. The molecule has 2 nitrogen and oxygen atoms in total. The fourth-order valence-corrected chi connectivity index (χ4v) is 28.6. The van der Waals surface area contributed by atoms with Gasteiger partial charge in [-0.25, -0.2) is 0 Å². The first-order valence-electron chi connectivity index (χ1n) is 20.0. The van der Waals surface area contributed by atoms with E-state index in [9.17, 15) is 0 Å². The Hall–Kier alpha value is -3.40. The molecular formula is C50H56Cl2O2SiZr. The van der Waals surface area contributed by atoms with Gasteiger partial charge in [0.1, 0.15) is 0 Å². The quantitative estimate of drug-likeness (QED) is 0.128. The second-order valence-electron chi connectivity index (χ2n) is 17.2. The number of rotatable bonds is 10. The average molecular weight is 879 g/mol. The van der Waals surface area contributed by atoms with E-state index in [1.54, 1.807) is 0 Å². The first-order chi connectivity index (χ1) is 25.9. The molecule has 6 aromatic rings. The Bertz CT molecular complexity index is 2380. The normalized spacial score (nSPS) is 16.1. The molecule has 0 N–H and O–H groups in total. The van der Waals surface area contributed by atoms with Gasteiger partial charge >= 0.3 is 327 Å². The number of hydrogen-bond acceptors (Lipinski definition) is 2. The Morgan fingerprint density at radius 2 is 0.929 bits per heavy atom. The van der Waals surface area contributed by atoms with Gasteiger partial charge in [-0.15, -0.1) is 24.8 Å². The summed E-state index contributed by atoms with van der Waals surface area (Å²) in [7, 11) is 0. The van der Waals surface area contributed by atoms with E-state index in [2.05, 4.69) is 167 Å². The molecule has 4 aromatic carbocycles. The third-order valence-corrected chi connectivity index (χ3v) is 29.6. The Morgan fingerprint density at radius 1 is 0.554 bits per heavy atom. The molecule has 0 spiro atoms. The van der Waals surface area contributed by atoms with Gasteiger partial charge in [0, 0.05) is 0 Å². The summed E-state index contributed by atoms with van der Waals surface area (Å²) in [6.45, 7) is 15.9. The van der Waals surface area contributed by atoms with Gasteiger partial charge in [0.05, 0.1) is 0 Å². The van der Waals surface area contributed by atoms with Crippen molar-refractivity contribution in [2.45, 2.75) is 83.7 Å². The zero-order valence-corrected chi connectivity index (χ0v) is 39.7. The van der Waals surface area contributed by atoms with E-state index in [4.69, 9.17) is 8.83 Å². The van der Waals surface area contributed by atoms with Gasteiger partial charge in [0.2, 0.25) is 0 Å². The van der Waals surface area contributed by atoms with Crippen LogP contribution in [0.1, 0.15) is 101 Å². The standard InChI is InChI=1S/2C24H23O.2CH3.2ClH.H2Si.Zr/c2*1-4-8-21-16(2)13-19-14-20(23-12-11-17(3)25-23)15-22(19)24(21)18-9-6-5-7-10-18;;;;;;/h2*5-7,9-15H,4,8H2,1-3H3;2*1H3;2*1H;1H2;. The first kappa shape index (κ1) is 42.2. The monoisotopic (exact) mass is 876 g/mol. The molecule has 290 valence electrons. The van der Waals surface area contributed by atoms with E-state index in [0.717, 1.165) is 48.7 Å². The molecule has 8 rings (SSSR count). The second kappa shape index (κ2) is 16.1. The first-order valence-corrected chi connectivity index (χ1v) is 33.7. The SMILES string of the molecule is CCCc1c(C)cc2c(c1-c1ccccc1)C=C(c1ccc(C)o1)[CH]2[Zr]([CH3])([CH3])(=[SiH2])[CH]1C(c2ccc(C)o2)=Cc2c1cc(C)c(CCC)c2-c1ccccc1.Cl.Cl. The van der Waals surface area contributed by atoms with Crippen LogP contribution in [0.15, 0.2) is 106 Å². The van der Waals surface area contributed by atoms with Crippen molar-refractivity contribution in [2.75, 3.05) is 0 Å². The largest absolute Gasteiger partial charge is 0.147 e. The molecular weight excluding hydrogens is 823 g/mol. The van der Waals surface area contributed by atoms with Crippen molar-refractivity contribution in [3.8, 4) is 22.3 Å². The van der Waals surface area contributed by atoms with Crippen molar-refractivity contribution < 1.29 is 26.2 Å². The van der Waals surface area contributed by atoms with E-state index in [-0.39, 0.29) is 32.1 Å². The Balaban J connectivity index is 0.00000266. The summed E-state index contributed by atoms with van der Waals surface area (Å²) in [5, 5.41) is 0. The van der Waals surface area contributed by atoms with E-state index in [0.29, 0.717) is 0 Å². The minimum Gasteiger partial charge on any atom is -0.147 e. The number of halogens is 2. The molecule has 2 unspecified atom stereocenters. The zero-order valence-electron chi connectivity index (χ0n) is 34.2. The maximum atomic E-state index is 6.64. The molecule has 0 radical (unpaired) electrons. The fraction of sp³-hybridized carbons (Fsp3) is 0.280. The summed E-state index contributed by atoms with van der Waals surface area (Å²) in [5.74, 6) is 3.93. The van der Waals surface area contributed by atoms with E-state index in [1.165, 1.54) is 77.9 Å². The van der Waals surface area contributed by atoms with Crippen molar-refractivity contribution in [1.29, 1.82) is 0 Å². The topological polar surface area (TPSA) is 26.3 Å². The molecule has 2 aromatic heterocycles. The van der Waals surface area contributed by atoms with Gasteiger partial charge in [-0.2, -0.15) is 0 Å². The molecule has 2 aliphatic carbocycles. The Morgan fingerprint density at radius 3 is 1.25 bits per heavy atom. The Kier molecular flexibility index (Phi) is 12.1. The third-order valence-electron chi connectivity index (χ3n) is 12.4. The summed E-state index contributed by atoms with van der Waals surface area (Å²) in [6, 6.07) is 36.1. The van der Waals surface area contributed by atoms with Crippen LogP contribution in [0, 0.1) is 27.7 Å². The number of allylic oxidation sites excluding steroid dienone is 2. The molecule has 2 heterocycles. The fourth-order valence-electron chi connectivity index (χ4n) is 10.2. The van der Waals surface area contributed by atoms with E-state index < -0.39 is 17.4 Å². The van der Waals surface area contributed by atoms with Crippen LogP contribution in [-0.4, -0.2) is 6.88 Å². The van der Waals surface area contributed by atoms with Crippen LogP contribution < -0.4 is 0 Å². The van der Waals surface area contributed by atoms with Gasteiger partial charge in [0.15, 0.2) is 0 Å². The van der Waals surface area contributed by atoms with Crippen molar-refractivity contribution in [2.24, 2.45) is 0 Å². The number of aryl methyl sites for hydroxylation is 4. The van der Waals surface area contributed by atoms with Gasteiger partial charge in [0.25, 0.3) is 0 Å². The maximum Gasteiger partial charge on any atom is -0.147 e. The van der Waals surface area contributed by atoms with Crippen LogP contribution in [-0.2, 0) is 30.2 Å². The van der Waals surface area contributed by atoms with Crippen LogP contribution in [0.4, 0.5) is 0 Å². The predicted octanol–water partition coefficient (Wildman–Crippen LogP) is 14.4. The molecule has 0 saturated carbocycles. The number of benzene rings is 4. The molecule has 0 fully saturated rings. The minimum absolute atomic E-state index is 0. The third kappa shape index (κ3) is 7.08. The van der Waals surface area contributed by atoms with Crippen molar-refractivity contribution in [3.05, 3.63) is 165 Å². The van der Waals surface area contributed by atoms with Crippen LogP contribution in [0.2, 0.25) is 9.26 Å². The smallest absolute Gasteiger partial charge is 0.147 e. The van der Waals surface area contributed by atoms with Gasteiger partial charge in [-0.3, -0.25) is 0 Å². The molecule has 0 saturated heterocycles. The average Bonchev–Trinajstić information content (AvgIpc) is 3.95. The van der Waals surface area contributed by atoms with Crippen molar-refractivity contribution in [1.82, 2.24) is 0 Å². The molecule has 2 aliphatic rings. The number of furan rings is 2. The molecule has 2 atom stereocenters. The minimum atomic E-state index is -4.24. The van der Waals surface area contributed by atoms with Crippen LogP contribution in [0.25, 0.3) is 45.6 Å². The summed E-state index contributed by atoms with van der Waals surface area (Å²) >= 11 is -4.24. The van der Waals surface area contributed by atoms with Crippen LogP contribution in [0.5, 0.6) is 0 Å². The molecule has 0 bridgehead atoms. The summed E-state index contributed by atoms with van der Waals surface area (Å²) in [5.41, 5.74) is 19.6. The second-order valence-corrected chi connectivity index (χ2v) is 47.6. The predicted molar refractivity (Wildman–Crippen MR) is 244 cm³/mol. The van der Waals surface area contributed by atoms with Gasteiger partial charge in [-0.05, 0) is 0 Å². The molecule has 0 aliphatic heterocycles. The van der Waals surface area contributed by atoms with E-state index in [1.807, 2.05) is 0 Å². The van der Waals surface area contributed by atoms with Crippen LogP contribution >= 0.6 is 24.8 Å². The molecule has 0 amide bonds. The Labute approximate surface area is 349 Å². The van der Waals surface area contributed by atoms with Crippen LogP contribution in [0.3, 0.4) is 0 Å². The zero-order chi connectivity index (χ0) is 38.0. The van der Waals surface area contributed by atoms with Crippen molar-refractivity contribution in [3.63, 3.8) is 0 Å². The molecule has 6 heteroatoms. The van der Waals surface area contributed by atoms with E-state index >= 15 is 0 Å². The molecule has 56 heavy (non-hydrogen) atoms. The van der Waals surface area contributed by atoms with Crippen molar-refractivity contribution >= 4 is 55.0 Å². The van der Waals surface area contributed by atoms with Gasteiger partial charge < -0.3 is 0 Å². The maximum absolute atomic E-state index is 6.64. The van der Waals surface area contributed by atoms with Gasteiger partial charge in [-0.1, -0.05) is 0 Å². The number of hydrogen-bond donors (Lipinski definition) is 0. The summed E-state index contributed by atoms with van der Waals surface area (Å²) in [4.78, 5) is 0. The number of fused-ring (bicyclic) bond motifs is 2. The summed E-state index contributed by atoms with van der Waals surface area (Å²) in [6.07, 6.45) is 9.40.